The number of hydrogen-bond acceptors (Lipinski definition) is 3. The molecule has 0 saturated heterocycles. The Hall–Kier alpha value is -2.18. The van der Waals surface area contributed by atoms with Gasteiger partial charge in [-0.3, -0.25) is 4.79 Å². The molecule has 0 fully saturated rings. The zero-order valence-corrected chi connectivity index (χ0v) is 15.2. The van der Waals surface area contributed by atoms with Crippen LogP contribution >= 0.6 is 23.1 Å². The fourth-order valence-electron chi connectivity index (χ4n) is 2.41. The number of thioether (sulfide) groups is 1. The zero-order chi connectivity index (χ0) is 17.6. The molecule has 0 radical (unpaired) electrons. The number of carbonyl (C=O) groups is 1. The number of fused-ring (bicyclic) bond motifs is 1. The lowest BCUT2D eigenvalue weighted by molar-refractivity contribution is -0.115. The molecule has 0 bridgehead atoms. The summed E-state index contributed by atoms with van der Waals surface area (Å²) >= 11 is 2.85. The number of nitrogens with zero attached hydrogens (tertiary/aromatic N) is 2. The first-order valence-electron chi connectivity index (χ1n) is 7.76. The summed E-state index contributed by atoms with van der Waals surface area (Å²) in [6, 6.07) is 14.6. The van der Waals surface area contributed by atoms with Crippen molar-refractivity contribution in [1.29, 1.82) is 0 Å². The second kappa shape index (κ2) is 8.27. The van der Waals surface area contributed by atoms with Gasteiger partial charge in [0.15, 0.2) is 4.80 Å². The molecule has 0 saturated carbocycles. The summed E-state index contributed by atoms with van der Waals surface area (Å²) in [7, 11) is 0. The number of amides is 1. The van der Waals surface area contributed by atoms with Gasteiger partial charge in [0.25, 0.3) is 5.91 Å². The lowest BCUT2D eigenvalue weighted by Crippen LogP contribution is -2.16. The van der Waals surface area contributed by atoms with Crippen LogP contribution in [0.3, 0.4) is 0 Å². The Morgan fingerprint density at radius 3 is 2.84 bits per heavy atom. The van der Waals surface area contributed by atoms with Crippen molar-refractivity contribution in [1.82, 2.24) is 4.57 Å². The minimum atomic E-state index is -0.296. The predicted octanol–water partition coefficient (Wildman–Crippen LogP) is 4.39. The Morgan fingerprint density at radius 2 is 2.08 bits per heavy atom. The van der Waals surface area contributed by atoms with Crippen LogP contribution in [0.2, 0.25) is 0 Å². The van der Waals surface area contributed by atoms with Gasteiger partial charge in [0.2, 0.25) is 0 Å². The van der Waals surface area contributed by atoms with E-state index in [9.17, 15) is 9.18 Å². The van der Waals surface area contributed by atoms with Crippen molar-refractivity contribution < 1.29 is 9.18 Å². The quantitative estimate of drug-likeness (QED) is 0.602. The number of carbonyl (C=O) groups excluding carboxylic acids is 1. The van der Waals surface area contributed by atoms with E-state index < -0.39 is 0 Å². The molecular formula is C19H17FN2OS2. The third-order valence-electron chi connectivity index (χ3n) is 3.51. The van der Waals surface area contributed by atoms with Crippen molar-refractivity contribution in [2.24, 2.45) is 4.99 Å². The minimum absolute atomic E-state index is 0.189. The van der Waals surface area contributed by atoms with Crippen LogP contribution in [-0.4, -0.2) is 16.2 Å². The summed E-state index contributed by atoms with van der Waals surface area (Å²) in [6.45, 7) is 4.27. The molecule has 0 N–H and O–H groups in total. The molecule has 128 valence electrons. The highest BCUT2D eigenvalue weighted by molar-refractivity contribution is 7.99. The van der Waals surface area contributed by atoms with Crippen LogP contribution in [0.4, 0.5) is 4.39 Å². The van der Waals surface area contributed by atoms with E-state index in [1.807, 2.05) is 34.9 Å². The molecule has 0 aliphatic carbocycles. The lowest BCUT2D eigenvalue weighted by atomic mass is 10.2. The summed E-state index contributed by atoms with van der Waals surface area (Å²) in [5, 5.41) is 0. The molecule has 3 aromatic rings. The van der Waals surface area contributed by atoms with E-state index >= 15 is 0 Å². The Labute approximate surface area is 153 Å². The average Bonchev–Trinajstić information content (AvgIpc) is 2.92. The SMILES string of the molecule is C=CCn1c(=NC(=O)CSCc2ccccc2)sc2cc(F)ccc21. The molecule has 1 heterocycles. The molecule has 25 heavy (non-hydrogen) atoms. The summed E-state index contributed by atoms with van der Waals surface area (Å²) in [6.07, 6.45) is 1.74. The van der Waals surface area contributed by atoms with Gasteiger partial charge in [-0.05, 0) is 23.8 Å². The van der Waals surface area contributed by atoms with Crippen molar-refractivity contribution in [3.8, 4) is 0 Å². The Kier molecular flexibility index (Phi) is 5.83. The van der Waals surface area contributed by atoms with Gasteiger partial charge in [0, 0.05) is 12.3 Å². The van der Waals surface area contributed by atoms with Gasteiger partial charge >= 0.3 is 0 Å². The van der Waals surface area contributed by atoms with Gasteiger partial charge < -0.3 is 4.57 Å². The van der Waals surface area contributed by atoms with Crippen LogP contribution < -0.4 is 4.80 Å². The van der Waals surface area contributed by atoms with Gasteiger partial charge in [-0.15, -0.1) is 18.3 Å². The molecule has 6 heteroatoms. The number of allylic oxidation sites excluding steroid dienone is 1. The fourth-order valence-corrected chi connectivity index (χ4v) is 4.26. The van der Waals surface area contributed by atoms with E-state index in [2.05, 4.69) is 11.6 Å². The van der Waals surface area contributed by atoms with Crippen molar-refractivity contribution >= 4 is 39.2 Å². The highest BCUT2D eigenvalue weighted by Crippen LogP contribution is 2.19. The minimum Gasteiger partial charge on any atom is -0.313 e. The fraction of sp³-hybridized carbons (Fsp3) is 0.158. The molecule has 0 aliphatic heterocycles. The summed E-state index contributed by atoms with van der Waals surface area (Å²) in [4.78, 5) is 17.0. The molecule has 3 nitrogen and oxygen atoms in total. The lowest BCUT2D eigenvalue weighted by Gasteiger charge is -2.01. The van der Waals surface area contributed by atoms with E-state index in [1.165, 1.54) is 40.8 Å². The molecule has 1 aromatic heterocycles. The second-order valence-corrected chi connectivity index (χ2v) is 7.37. The van der Waals surface area contributed by atoms with E-state index in [4.69, 9.17) is 0 Å². The largest absolute Gasteiger partial charge is 0.313 e. The third-order valence-corrected chi connectivity index (χ3v) is 5.54. The first kappa shape index (κ1) is 17.6. The molecule has 0 aliphatic rings. The summed E-state index contributed by atoms with van der Waals surface area (Å²) in [5.74, 6) is 0.597. The van der Waals surface area contributed by atoms with Crippen LogP contribution in [0.15, 0.2) is 66.2 Å². The average molecular weight is 372 g/mol. The molecule has 3 rings (SSSR count). The zero-order valence-electron chi connectivity index (χ0n) is 13.5. The van der Waals surface area contributed by atoms with Gasteiger partial charge in [-0.25, -0.2) is 4.39 Å². The maximum atomic E-state index is 13.4. The molecule has 0 spiro atoms. The number of thiazole rings is 1. The smallest absolute Gasteiger partial charge is 0.258 e. The van der Waals surface area contributed by atoms with E-state index in [-0.39, 0.29) is 11.7 Å². The van der Waals surface area contributed by atoms with Crippen LogP contribution in [-0.2, 0) is 17.1 Å². The number of rotatable bonds is 6. The van der Waals surface area contributed by atoms with E-state index in [1.54, 1.807) is 12.1 Å². The van der Waals surface area contributed by atoms with Crippen LogP contribution in [0.5, 0.6) is 0 Å². The van der Waals surface area contributed by atoms with E-state index in [0.717, 1.165) is 16.0 Å². The molecule has 0 unspecified atom stereocenters. The molecule has 0 atom stereocenters. The first-order valence-corrected chi connectivity index (χ1v) is 9.73. The first-order chi connectivity index (χ1) is 12.2. The predicted molar refractivity (Wildman–Crippen MR) is 103 cm³/mol. The topological polar surface area (TPSA) is 34.4 Å². The van der Waals surface area contributed by atoms with Crippen LogP contribution in [0.1, 0.15) is 5.56 Å². The van der Waals surface area contributed by atoms with Gasteiger partial charge in [0.05, 0.1) is 16.0 Å². The Morgan fingerprint density at radius 1 is 1.28 bits per heavy atom. The van der Waals surface area contributed by atoms with Crippen molar-refractivity contribution in [3.63, 3.8) is 0 Å². The highest BCUT2D eigenvalue weighted by atomic mass is 32.2. The monoisotopic (exact) mass is 372 g/mol. The highest BCUT2D eigenvalue weighted by Gasteiger charge is 2.08. The maximum Gasteiger partial charge on any atom is 0.258 e. The van der Waals surface area contributed by atoms with Gasteiger partial charge in [-0.2, -0.15) is 4.99 Å². The molecular weight excluding hydrogens is 355 g/mol. The van der Waals surface area contributed by atoms with Crippen molar-refractivity contribution in [2.45, 2.75) is 12.3 Å². The molecule has 2 aromatic carbocycles. The number of benzene rings is 2. The second-order valence-electron chi connectivity index (χ2n) is 5.38. The van der Waals surface area contributed by atoms with Crippen LogP contribution in [0, 0.1) is 5.82 Å². The van der Waals surface area contributed by atoms with Gasteiger partial charge in [0.1, 0.15) is 5.82 Å². The summed E-state index contributed by atoms with van der Waals surface area (Å²) < 4.78 is 16.1. The third kappa shape index (κ3) is 4.46. The van der Waals surface area contributed by atoms with Gasteiger partial charge in [-0.1, -0.05) is 47.7 Å². The Bertz CT molecular complexity index is 960. The summed E-state index contributed by atoms with van der Waals surface area (Å²) in [5.41, 5.74) is 2.04. The van der Waals surface area contributed by atoms with Crippen LogP contribution in [0.25, 0.3) is 10.2 Å². The molecule has 1 amide bonds. The number of halogens is 1. The standard InChI is InChI=1S/C19H17FN2OS2/c1-2-10-22-16-9-8-15(20)11-17(16)25-19(22)21-18(23)13-24-12-14-6-4-3-5-7-14/h2-9,11H,1,10,12-13H2. The van der Waals surface area contributed by atoms with E-state index in [0.29, 0.717) is 17.1 Å². The van der Waals surface area contributed by atoms with Crippen molar-refractivity contribution in [3.05, 3.63) is 77.4 Å². The Balaban J connectivity index is 1.78. The van der Waals surface area contributed by atoms with Crippen molar-refractivity contribution in [2.75, 3.05) is 5.75 Å². The number of aromatic nitrogens is 1. The normalized spacial score (nSPS) is 11.8. The maximum absolute atomic E-state index is 13.4. The number of hydrogen-bond donors (Lipinski definition) is 0.